The van der Waals surface area contributed by atoms with Gasteiger partial charge in [-0.1, -0.05) is 6.07 Å². The maximum Gasteiger partial charge on any atom is 0.323 e. The SMILES string of the molecule is CC1(C)C(=O)Nc2cc(NC(=O)Nc3ccc(-c4nc(N5CCOCC5)c5[nH]nc(N)c5n4)cc3)ccc21. The first-order valence-corrected chi connectivity index (χ1v) is 12.3. The fourth-order valence-electron chi connectivity index (χ4n) is 4.71. The number of carbonyl (C=O) groups is 2. The number of nitrogen functional groups attached to an aromatic ring is 1. The topological polar surface area (TPSA) is 163 Å². The molecule has 38 heavy (non-hydrogen) atoms. The molecule has 0 radical (unpaired) electrons. The zero-order valence-electron chi connectivity index (χ0n) is 21.0. The van der Waals surface area contributed by atoms with Crippen LogP contribution in [0.4, 0.5) is 33.5 Å². The Morgan fingerprint density at radius 1 is 1.05 bits per heavy atom. The molecule has 0 bridgehead atoms. The highest BCUT2D eigenvalue weighted by atomic mass is 16.5. The van der Waals surface area contributed by atoms with E-state index in [0.717, 1.165) is 16.9 Å². The summed E-state index contributed by atoms with van der Waals surface area (Å²) in [4.78, 5) is 36.4. The van der Waals surface area contributed by atoms with Crippen molar-refractivity contribution < 1.29 is 14.3 Å². The van der Waals surface area contributed by atoms with E-state index in [0.29, 0.717) is 66.0 Å². The lowest BCUT2D eigenvalue weighted by Crippen LogP contribution is -2.37. The quantitative estimate of drug-likeness (QED) is 0.277. The number of nitrogens with two attached hydrogens (primary N) is 1. The molecule has 6 rings (SSSR count). The highest BCUT2D eigenvalue weighted by molar-refractivity contribution is 6.07. The van der Waals surface area contributed by atoms with E-state index in [9.17, 15) is 9.59 Å². The average molecular weight is 514 g/mol. The van der Waals surface area contributed by atoms with Crippen molar-refractivity contribution in [1.29, 1.82) is 0 Å². The van der Waals surface area contributed by atoms with Crippen LogP contribution in [0.3, 0.4) is 0 Å². The number of benzene rings is 2. The van der Waals surface area contributed by atoms with Crippen LogP contribution in [0, 0.1) is 0 Å². The van der Waals surface area contributed by atoms with Gasteiger partial charge in [-0.15, -0.1) is 0 Å². The monoisotopic (exact) mass is 513 g/mol. The molecule has 6 N–H and O–H groups in total. The summed E-state index contributed by atoms with van der Waals surface area (Å²) < 4.78 is 5.48. The smallest absolute Gasteiger partial charge is 0.323 e. The third-order valence-corrected chi connectivity index (χ3v) is 6.90. The van der Waals surface area contributed by atoms with Crippen LogP contribution in [0.5, 0.6) is 0 Å². The van der Waals surface area contributed by atoms with Crippen molar-refractivity contribution in [2.24, 2.45) is 0 Å². The first-order valence-electron chi connectivity index (χ1n) is 12.3. The normalized spacial score (nSPS) is 16.3. The molecule has 3 amide bonds. The predicted molar refractivity (Wildman–Crippen MR) is 145 cm³/mol. The number of H-pyrrole nitrogens is 1. The molecular formula is C26H27N9O3. The molecule has 2 aliphatic rings. The van der Waals surface area contributed by atoms with Gasteiger partial charge in [-0.25, -0.2) is 14.8 Å². The van der Waals surface area contributed by atoms with Crippen molar-refractivity contribution in [1.82, 2.24) is 20.2 Å². The Kier molecular flexibility index (Phi) is 5.60. The van der Waals surface area contributed by atoms with Crippen molar-refractivity contribution in [3.05, 3.63) is 48.0 Å². The maximum atomic E-state index is 12.6. The molecule has 2 aromatic heterocycles. The van der Waals surface area contributed by atoms with Gasteiger partial charge in [0.25, 0.3) is 0 Å². The summed E-state index contributed by atoms with van der Waals surface area (Å²) in [5.74, 6) is 1.48. The van der Waals surface area contributed by atoms with Crippen molar-refractivity contribution in [3.63, 3.8) is 0 Å². The molecule has 0 unspecified atom stereocenters. The average Bonchev–Trinajstić information content (AvgIpc) is 3.39. The number of aromatic nitrogens is 4. The van der Waals surface area contributed by atoms with E-state index in [1.807, 2.05) is 32.0 Å². The molecule has 0 spiro atoms. The van der Waals surface area contributed by atoms with Crippen LogP contribution < -0.4 is 26.6 Å². The lowest BCUT2D eigenvalue weighted by atomic mass is 9.86. The Balaban J connectivity index is 1.19. The van der Waals surface area contributed by atoms with E-state index in [1.54, 1.807) is 24.3 Å². The van der Waals surface area contributed by atoms with Gasteiger partial charge in [-0.3, -0.25) is 9.89 Å². The maximum absolute atomic E-state index is 12.6. The van der Waals surface area contributed by atoms with Crippen LogP contribution in [-0.4, -0.2) is 58.4 Å². The van der Waals surface area contributed by atoms with Crippen LogP contribution in [0.1, 0.15) is 19.4 Å². The minimum Gasteiger partial charge on any atom is -0.380 e. The van der Waals surface area contributed by atoms with Gasteiger partial charge in [0.15, 0.2) is 17.5 Å². The Morgan fingerprint density at radius 3 is 2.53 bits per heavy atom. The number of ether oxygens (including phenoxy) is 1. The van der Waals surface area contributed by atoms with Crippen molar-refractivity contribution in [2.45, 2.75) is 19.3 Å². The van der Waals surface area contributed by atoms with Gasteiger partial charge < -0.3 is 31.3 Å². The van der Waals surface area contributed by atoms with E-state index in [1.165, 1.54) is 0 Å². The zero-order valence-corrected chi connectivity index (χ0v) is 21.0. The summed E-state index contributed by atoms with van der Waals surface area (Å²) >= 11 is 0. The Hall–Kier alpha value is -4.71. The molecule has 0 saturated carbocycles. The number of carbonyl (C=O) groups excluding carboxylic acids is 2. The number of hydrogen-bond acceptors (Lipinski definition) is 8. The lowest BCUT2D eigenvalue weighted by molar-refractivity contribution is -0.119. The molecule has 1 fully saturated rings. The standard InChI is InChI=1S/C26H27N9O3/c1-26(2)17-8-7-16(13-18(17)30-24(26)36)29-25(37)28-15-5-3-14(4-6-15)22-31-19-20(33-34-21(19)27)23(32-22)35-9-11-38-12-10-35/h3-8,13H,9-12H2,1-2H3,(H,30,36)(H3,27,33,34)(H2,28,29,37). The summed E-state index contributed by atoms with van der Waals surface area (Å²) in [6.07, 6.45) is 0. The van der Waals surface area contributed by atoms with Crippen molar-refractivity contribution >= 4 is 51.7 Å². The molecular weight excluding hydrogens is 486 g/mol. The summed E-state index contributed by atoms with van der Waals surface area (Å²) in [6.45, 7) is 6.38. The summed E-state index contributed by atoms with van der Waals surface area (Å²) in [5.41, 5.74) is 10.3. The van der Waals surface area contributed by atoms with Crippen molar-refractivity contribution in [2.75, 3.05) is 52.9 Å². The Labute approximate surface area is 218 Å². The molecule has 12 nitrogen and oxygen atoms in total. The summed E-state index contributed by atoms with van der Waals surface area (Å²) in [5, 5.41) is 15.6. The lowest BCUT2D eigenvalue weighted by Gasteiger charge is -2.28. The number of urea groups is 1. The van der Waals surface area contributed by atoms with E-state index >= 15 is 0 Å². The number of aromatic amines is 1. The van der Waals surface area contributed by atoms with E-state index in [-0.39, 0.29) is 5.91 Å². The molecule has 2 aliphatic heterocycles. The van der Waals surface area contributed by atoms with Gasteiger partial charge in [-0.2, -0.15) is 5.10 Å². The largest absolute Gasteiger partial charge is 0.380 e. The number of amides is 3. The minimum absolute atomic E-state index is 0.0650. The van der Waals surface area contributed by atoms with Gasteiger partial charge in [0.1, 0.15) is 11.0 Å². The number of anilines is 5. The summed E-state index contributed by atoms with van der Waals surface area (Å²) in [6, 6.07) is 12.2. The predicted octanol–water partition coefficient (Wildman–Crippen LogP) is 3.31. The van der Waals surface area contributed by atoms with E-state index < -0.39 is 11.4 Å². The van der Waals surface area contributed by atoms with Gasteiger partial charge in [0, 0.05) is 35.7 Å². The van der Waals surface area contributed by atoms with Crippen LogP contribution in [0.15, 0.2) is 42.5 Å². The fraction of sp³-hybridized carbons (Fsp3) is 0.269. The fourth-order valence-corrected chi connectivity index (χ4v) is 4.71. The third kappa shape index (κ3) is 4.14. The number of nitrogens with zero attached hydrogens (tertiary/aromatic N) is 4. The molecule has 12 heteroatoms. The highest BCUT2D eigenvalue weighted by Gasteiger charge is 2.38. The summed E-state index contributed by atoms with van der Waals surface area (Å²) in [7, 11) is 0. The Bertz CT molecular complexity index is 1560. The van der Waals surface area contributed by atoms with Gasteiger partial charge in [-0.05, 0) is 55.8 Å². The molecule has 4 aromatic rings. The number of nitrogens with one attached hydrogen (secondary N) is 4. The molecule has 0 aliphatic carbocycles. The number of fused-ring (bicyclic) bond motifs is 2. The zero-order chi connectivity index (χ0) is 26.4. The molecule has 2 aromatic carbocycles. The molecule has 0 atom stereocenters. The second-order valence-corrected chi connectivity index (χ2v) is 9.80. The van der Waals surface area contributed by atoms with Gasteiger partial charge in [0.05, 0.1) is 18.6 Å². The second kappa shape index (κ2) is 8.99. The molecule has 194 valence electrons. The Morgan fingerprint density at radius 2 is 1.76 bits per heavy atom. The third-order valence-electron chi connectivity index (χ3n) is 6.90. The first-order chi connectivity index (χ1) is 18.3. The van der Waals surface area contributed by atoms with E-state index in [4.69, 9.17) is 15.5 Å². The van der Waals surface area contributed by atoms with Crippen LogP contribution in [-0.2, 0) is 14.9 Å². The van der Waals surface area contributed by atoms with Gasteiger partial charge >= 0.3 is 6.03 Å². The highest BCUT2D eigenvalue weighted by Crippen LogP contribution is 2.38. The van der Waals surface area contributed by atoms with E-state index in [2.05, 4.69) is 36.0 Å². The van der Waals surface area contributed by atoms with Crippen LogP contribution >= 0.6 is 0 Å². The number of morpholine rings is 1. The first kappa shape index (κ1) is 23.7. The van der Waals surface area contributed by atoms with Crippen LogP contribution in [0.2, 0.25) is 0 Å². The number of hydrogen-bond donors (Lipinski definition) is 5. The second-order valence-electron chi connectivity index (χ2n) is 9.80. The van der Waals surface area contributed by atoms with Crippen LogP contribution in [0.25, 0.3) is 22.4 Å². The number of rotatable bonds is 4. The van der Waals surface area contributed by atoms with Gasteiger partial charge in [0.2, 0.25) is 5.91 Å². The molecule has 1 saturated heterocycles. The van der Waals surface area contributed by atoms with Crippen molar-refractivity contribution in [3.8, 4) is 11.4 Å². The molecule has 4 heterocycles. The minimum atomic E-state index is -0.599.